The van der Waals surface area contributed by atoms with Gasteiger partial charge in [0, 0.05) is 10.0 Å². The summed E-state index contributed by atoms with van der Waals surface area (Å²) in [7, 11) is 0. The first-order valence-corrected chi connectivity index (χ1v) is 6.71. The largest absolute Gasteiger partial charge is 0.384 e. The van der Waals surface area contributed by atoms with Crippen LogP contribution in [-0.4, -0.2) is 10.9 Å². The van der Waals surface area contributed by atoms with Gasteiger partial charge in [0.05, 0.1) is 6.04 Å². The Labute approximate surface area is 126 Å². The number of pyridine rings is 1. The zero-order chi connectivity index (χ0) is 14.7. The van der Waals surface area contributed by atoms with Gasteiger partial charge in [-0.3, -0.25) is 4.79 Å². The maximum Gasteiger partial charge on any atom is 0.270 e. The molecule has 104 valence electrons. The highest BCUT2D eigenvalue weighted by molar-refractivity contribution is 6.35. The van der Waals surface area contributed by atoms with Crippen LogP contribution in [0.2, 0.25) is 10.0 Å². The number of nitrogen functional groups attached to an aromatic ring is 1. The first-order valence-electron chi connectivity index (χ1n) is 5.95. The van der Waals surface area contributed by atoms with E-state index in [0.29, 0.717) is 15.9 Å². The second kappa shape index (κ2) is 6.11. The highest BCUT2D eigenvalue weighted by Gasteiger charge is 2.15. The van der Waals surface area contributed by atoms with E-state index in [0.717, 1.165) is 5.56 Å². The third-order valence-electron chi connectivity index (χ3n) is 2.78. The van der Waals surface area contributed by atoms with Gasteiger partial charge in [0.1, 0.15) is 11.5 Å². The Bertz CT molecular complexity index is 646. The quantitative estimate of drug-likeness (QED) is 0.912. The molecule has 4 nitrogen and oxygen atoms in total. The lowest BCUT2D eigenvalue weighted by atomic mass is 10.1. The van der Waals surface area contributed by atoms with E-state index in [9.17, 15) is 4.79 Å². The van der Waals surface area contributed by atoms with Crippen LogP contribution in [0.1, 0.15) is 29.0 Å². The molecular formula is C14H13Cl2N3O. The molecule has 2 aromatic rings. The van der Waals surface area contributed by atoms with Crippen molar-refractivity contribution in [3.05, 3.63) is 57.7 Å². The maximum absolute atomic E-state index is 12.1. The van der Waals surface area contributed by atoms with Gasteiger partial charge in [-0.05, 0) is 36.8 Å². The van der Waals surface area contributed by atoms with E-state index in [1.54, 1.807) is 36.4 Å². The number of nitrogens with two attached hydrogens (primary N) is 1. The molecule has 2 rings (SSSR count). The molecule has 1 amide bonds. The van der Waals surface area contributed by atoms with E-state index in [-0.39, 0.29) is 17.6 Å². The van der Waals surface area contributed by atoms with Crippen molar-refractivity contribution in [1.29, 1.82) is 0 Å². The number of aromatic nitrogens is 1. The smallest absolute Gasteiger partial charge is 0.270 e. The summed E-state index contributed by atoms with van der Waals surface area (Å²) in [5.41, 5.74) is 6.60. The molecule has 1 aromatic heterocycles. The minimum Gasteiger partial charge on any atom is -0.384 e. The van der Waals surface area contributed by atoms with Crippen molar-refractivity contribution >= 4 is 34.9 Å². The molecule has 1 unspecified atom stereocenters. The molecule has 6 heteroatoms. The third-order valence-corrected chi connectivity index (χ3v) is 3.34. The van der Waals surface area contributed by atoms with Crippen molar-refractivity contribution < 1.29 is 4.79 Å². The van der Waals surface area contributed by atoms with Crippen LogP contribution >= 0.6 is 23.2 Å². The molecule has 3 N–H and O–H groups in total. The van der Waals surface area contributed by atoms with E-state index < -0.39 is 0 Å². The lowest BCUT2D eigenvalue weighted by molar-refractivity contribution is 0.0935. The molecule has 0 fully saturated rings. The number of nitrogens with one attached hydrogen (secondary N) is 1. The molecule has 0 saturated heterocycles. The van der Waals surface area contributed by atoms with Gasteiger partial charge in [0.25, 0.3) is 5.91 Å². The van der Waals surface area contributed by atoms with Crippen molar-refractivity contribution in [2.45, 2.75) is 13.0 Å². The number of nitrogens with zero attached hydrogens (tertiary/aromatic N) is 1. The molecule has 1 aromatic carbocycles. The molecule has 0 aliphatic heterocycles. The minimum absolute atomic E-state index is 0.266. The average Bonchev–Trinajstić information content (AvgIpc) is 2.38. The molecule has 0 aliphatic rings. The molecule has 1 heterocycles. The Hall–Kier alpha value is -1.78. The fourth-order valence-corrected chi connectivity index (χ4v) is 2.35. The average molecular weight is 310 g/mol. The van der Waals surface area contributed by atoms with E-state index >= 15 is 0 Å². The van der Waals surface area contributed by atoms with Crippen LogP contribution < -0.4 is 11.1 Å². The van der Waals surface area contributed by atoms with E-state index in [2.05, 4.69) is 10.3 Å². The van der Waals surface area contributed by atoms with Crippen molar-refractivity contribution in [3.63, 3.8) is 0 Å². The topological polar surface area (TPSA) is 68.0 Å². The monoisotopic (exact) mass is 309 g/mol. The van der Waals surface area contributed by atoms with Crippen LogP contribution in [0.15, 0.2) is 36.4 Å². The fraction of sp³-hybridized carbons (Fsp3) is 0.143. The number of rotatable bonds is 3. The standard InChI is InChI=1S/C14H13Cl2N3O/c1-8(10-6-5-9(15)7-11(10)16)18-14(20)12-3-2-4-13(17)19-12/h2-8H,1H3,(H2,17,19)(H,18,20). The first-order chi connectivity index (χ1) is 9.47. The number of hydrogen-bond donors (Lipinski definition) is 2. The van der Waals surface area contributed by atoms with Crippen LogP contribution in [0.25, 0.3) is 0 Å². The Morgan fingerprint density at radius 2 is 2.05 bits per heavy atom. The SMILES string of the molecule is CC(NC(=O)c1cccc(N)n1)c1ccc(Cl)cc1Cl. The van der Waals surface area contributed by atoms with Crippen molar-refractivity contribution in [2.75, 3.05) is 5.73 Å². The van der Waals surface area contributed by atoms with Gasteiger partial charge in [-0.1, -0.05) is 35.3 Å². The summed E-state index contributed by atoms with van der Waals surface area (Å²) in [5.74, 6) is -0.00866. The van der Waals surface area contributed by atoms with E-state index in [1.165, 1.54) is 0 Å². The Morgan fingerprint density at radius 1 is 1.30 bits per heavy atom. The van der Waals surface area contributed by atoms with Gasteiger partial charge in [-0.15, -0.1) is 0 Å². The van der Waals surface area contributed by atoms with Crippen molar-refractivity contribution in [1.82, 2.24) is 10.3 Å². The van der Waals surface area contributed by atoms with Gasteiger partial charge >= 0.3 is 0 Å². The van der Waals surface area contributed by atoms with E-state index in [1.807, 2.05) is 6.92 Å². The van der Waals surface area contributed by atoms with Gasteiger partial charge in [0.15, 0.2) is 0 Å². The van der Waals surface area contributed by atoms with Crippen LogP contribution in [-0.2, 0) is 0 Å². The molecule has 20 heavy (non-hydrogen) atoms. The number of carbonyl (C=O) groups excluding carboxylic acids is 1. The number of amides is 1. The summed E-state index contributed by atoms with van der Waals surface area (Å²) < 4.78 is 0. The van der Waals surface area contributed by atoms with Crippen LogP contribution in [0.4, 0.5) is 5.82 Å². The molecule has 0 bridgehead atoms. The Kier molecular flexibility index (Phi) is 4.47. The second-order valence-corrected chi connectivity index (χ2v) is 5.15. The summed E-state index contributed by atoms with van der Waals surface area (Å²) in [4.78, 5) is 16.0. The van der Waals surface area contributed by atoms with Gasteiger partial charge in [-0.25, -0.2) is 4.98 Å². The number of carbonyl (C=O) groups is 1. The number of halogens is 2. The highest BCUT2D eigenvalue weighted by Crippen LogP contribution is 2.26. The summed E-state index contributed by atoms with van der Waals surface area (Å²) >= 11 is 12.0. The van der Waals surface area contributed by atoms with Crippen molar-refractivity contribution in [3.8, 4) is 0 Å². The van der Waals surface area contributed by atoms with Gasteiger partial charge in [-0.2, -0.15) is 0 Å². The highest BCUT2D eigenvalue weighted by atomic mass is 35.5. The fourth-order valence-electron chi connectivity index (χ4n) is 1.78. The third kappa shape index (κ3) is 3.40. The van der Waals surface area contributed by atoms with Crippen LogP contribution in [0.3, 0.4) is 0 Å². The molecule has 0 spiro atoms. The zero-order valence-corrected chi connectivity index (χ0v) is 12.2. The zero-order valence-electron chi connectivity index (χ0n) is 10.7. The molecule has 1 atom stereocenters. The number of benzene rings is 1. The summed E-state index contributed by atoms with van der Waals surface area (Å²) in [6.45, 7) is 1.83. The van der Waals surface area contributed by atoms with E-state index in [4.69, 9.17) is 28.9 Å². The molecular weight excluding hydrogens is 297 g/mol. The lowest BCUT2D eigenvalue weighted by Gasteiger charge is -2.15. The Morgan fingerprint density at radius 3 is 2.70 bits per heavy atom. The molecule has 0 radical (unpaired) electrons. The number of hydrogen-bond acceptors (Lipinski definition) is 3. The Balaban J connectivity index is 2.15. The minimum atomic E-state index is -0.309. The van der Waals surface area contributed by atoms with Crippen LogP contribution in [0, 0.1) is 0 Å². The normalized spacial score (nSPS) is 11.9. The second-order valence-electron chi connectivity index (χ2n) is 4.31. The van der Waals surface area contributed by atoms with Gasteiger partial charge in [0.2, 0.25) is 0 Å². The summed E-state index contributed by atoms with van der Waals surface area (Å²) in [6.07, 6.45) is 0. The first kappa shape index (κ1) is 14.6. The summed E-state index contributed by atoms with van der Waals surface area (Å²) in [5, 5.41) is 3.87. The predicted molar refractivity (Wildman–Crippen MR) is 81.0 cm³/mol. The van der Waals surface area contributed by atoms with Crippen molar-refractivity contribution in [2.24, 2.45) is 0 Å². The molecule has 0 aliphatic carbocycles. The maximum atomic E-state index is 12.1. The molecule has 0 saturated carbocycles. The predicted octanol–water partition coefficient (Wildman–Crippen LogP) is 3.46. The lowest BCUT2D eigenvalue weighted by Crippen LogP contribution is -2.27. The summed E-state index contributed by atoms with van der Waals surface area (Å²) in [6, 6.07) is 9.78. The van der Waals surface area contributed by atoms with Crippen LogP contribution in [0.5, 0.6) is 0 Å². The van der Waals surface area contributed by atoms with Gasteiger partial charge < -0.3 is 11.1 Å². The number of anilines is 1.